The van der Waals surface area contributed by atoms with E-state index in [0.29, 0.717) is 30.8 Å². The Hall–Kier alpha value is -2.75. The van der Waals surface area contributed by atoms with Gasteiger partial charge in [0, 0.05) is 38.6 Å². The molecule has 0 atom stereocenters. The highest BCUT2D eigenvalue weighted by molar-refractivity contribution is 9.10. The Morgan fingerprint density at radius 3 is 2.46 bits per heavy atom. The highest BCUT2D eigenvalue weighted by atomic mass is 79.9. The molecule has 0 bridgehead atoms. The number of rotatable bonds is 4. The van der Waals surface area contributed by atoms with Crippen LogP contribution in [0.15, 0.2) is 39.8 Å². The number of piperazine rings is 1. The van der Waals surface area contributed by atoms with Gasteiger partial charge in [-0.05, 0) is 28.1 Å². The summed E-state index contributed by atoms with van der Waals surface area (Å²) in [5, 5.41) is 2.53. The molecular weight excluding hydrogens is 406 g/mol. The van der Waals surface area contributed by atoms with E-state index in [2.05, 4.69) is 31.2 Å². The zero-order valence-corrected chi connectivity index (χ0v) is 15.3. The van der Waals surface area contributed by atoms with Gasteiger partial charge in [0.1, 0.15) is 5.69 Å². The molecule has 9 nitrogen and oxygen atoms in total. The Kier molecular flexibility index (Phi) is 5.61. The van der Waals surface area contributed by atoms with E-state index in [0.717, 1.165) is 0 Å². The van der Waals surface area contributed by atoms with E-state index >= 15 is 0 Å². The summed E-state index contributed by atoms with van der Waals surface area (Å²) in [4.78, 5) is 47.5. The van der Waals surface area contributed by atoms with Crippen LogP contribution in [0.5, 0.6) is 0 Å². The Morgan fingerprint density at radius 2 is 1.85 bits per heavy atom. The standard InChI is InChI=1S/C16H16BrN5O4/c17-13-2-1-12(26-13)15(24)20-10-14(23)21-5-7-22(8-6-21)16(25)11-9-18-3-4-19-11/h1-4,9H,5-8,10H2,(H,20,24). The number of aromatic nitrogens is 2. The predicted molar refractivity (Wildman–Crippen MR) is 93.3 cm³/mol. The smallest absolute Gasteiger partial charge is 0.287 e. The van der Waals surface area contributed by atoms with Gasteiger partial charge in [-0.1, -0.05) is 0 Å². The molecule has 3 amide bonds. The second kappa shape index (κ2) is 8.09. The molecule has 0 unspecified atom stereocenters. The van der Waals surface area contributed by atoms with Crippen molar-refractivity contribution in [2.75, 3.05) is 32.7 Å². The van der Waals surface area contributed by atoms with Crippen LogP contribution in [0.2, 0.25) is 0 Å². The van der Waals surface area contributed by atoms with Crippen molar-refractivity contribution in [2.45, 2.75) is 0 Å². The summed E-state index contributed by atoms with van der Waals surface area (Å²) >= 11 is 3.11. The van der Waals surface area contributed by atoms with Crippen LogP contribution in [-0.4, -0.2) is 70.2 Å². The fraction of sp³-hybridized carbons (Fsp3) is 0.312. The van der Waals surface area contributed by atoms with E-state index in [9.17, 15) is 14.4 Å². The summed E-state index contributed by atoms with van der Waals surface area (Å²) in [7, 11) is 0. The van der Waals surface area contributed by atoms with Crippen LogP contribution >= 0.6 is 15.9 Å². The molecular formula is C16H16BrN5O4. The molecule has 10 heteroatoms. The fourth-order valence-electron chi connectivity index (χ4n) is 2.52. The maximum Gasteiger partial charge on any atom is 0.287 e. The van der Waals surface area contributed by atoms with Gasteiger partial charge >= 0.3 is 0 Å². The lowest BCUT2D eigenvalue weighted by atomic mass is 10.2. The number of halogens is 1. The molecule has 1 fully saturated rings. The van der Waals surface area contributed by atoms with Crippen molar-refractivity contribution in [1.82, 2.24) is 25.1 Å². The summed E-state index contributed by atoms with van der Waals surface area (Å²) in [6.45, 7) is 1.47. The Labute approximate surface area is 157 Å². The third kappa shape index (κ3) is 4.26. The lowest BCUT2D eigenvalue weighted by Crippen LogP contribution is -2.52. The molecule has 1 aliphatic heterocycles. The van der Waals surface area contributed by atoms with Crippen LogP contribution in [0.1, 0.15) is 21.0 Å². The SMILES string of the molecule is O=C(NCC(=O)N1CCN(C(=O)c2cnccn2)CC1)c1ccc(Br)o1. The zero-order valence-electron chi connectivity index (χ0n) is 13.7. The van der Waals surface area contributed by atoms with Crippen molar-refractivity contribution in [1.29, 1.82) is 0 Å². The van der Waals surface area contributed by atoms with E-state index in [1.165, 1.54) is 24.7 Å². The summed E-state index contributed by atoms with van der Waals surface area (Å²) in [6, 6.07) is 3.12. The lowest BCUT2D eigenvalue weighted by molar-refractivity contribution is -0.131. The average Bonchev–Trinajstić information content (AvgIpc) is 3.12. The Morgan fingerprint density at radius 1 is 1.12 bits per heavy atom. The van der Waals surface area contributed by atoms with Crippen LogP contribution in [-0.2, 0) is 4.79 Å². The quantitative estimate of drug-likeness (QED) is 0.771. The molecule has 1 aliphatic rings. The topological polar surface area (TPSA) is 109 Å². The van der Waals surface area contributed by atoms with Gasteiger partial charge in [-0.3, -0.25) is 19.4 Å². The minimum absolute atomic E-state index is 0.129. The third-order valence-electron chi connectivity index (χ3n) is 3.90. The number of nitrogens with one attached hydrogen (secondary N) is 1. The summed E-state index contributed by atoms with van der Waals surface area (Å²) in [5.41, 5.74) is 0.282. The van der Waals surface area contributed by atoms with Crippen molar-refractivity contribution in [3.63, 3.8) is 0 Å². The van der Waals surface area contributed by atoms with E-state index in [1.54, 1.807) is 15.9 Å². The number of hydrogen-bond acceptors (Lipinski definition) is 6. The zero-order chi connectivity index (χ0) is 18.5. The highest BCUT2D eigenvalue weighted by Crippen LogP contribution is 2.13. The summed E-state index contributed by atoms with van der Waals surface area (Å²) in [5.74, 6) is -0.748. The van der Waals surface area contributed by atoms with Crippen molar-refractivity contribution in [3.05, 3.63) is 46.8 Å². The highest BCUT2D eigenvalue weighted by Gasteiger charge is 2.25. The summed E-state index contributed by atoms with van der Waals surface area (Å²) in [6.07, 6.45) is 4.39. The number of nitrogens with zero attached hydrogens (tertiary/aromatic N) is 4. The Bertz CT molecular complexity index is 802. The molecule has 1 saturated heterocycles. The van der Waals surface area contributed by atoms with Crippen LogP contribution in [0.3, 0.4) is 0 Å². The molecule has 3 rings (SSSR count). The van der Waals surface area contributed by atoms with Crippen molar-refractivity contribution in [3.8, 4) is 0 Å². The van der Waals surface area contributed by atoms with Gasteiger partial charge < -0.3 is 19.5 Å². The minimum atomic E-state index is -0.458. The number of hydrogen-bond donors (Lipinski definition) is 1. The number of amides is 3. The van der Waals surface area contributed by atoms with E-state index < -0.39 is 5.91 Å². The third-order valence-corrected chi connectivity index (χ3v) is 4.33. The van der Waals surface area contributed by atoms with E-state index in [-0.39, 0.29) is 29.8 Å². The van der Waals surface area contributed by atoms with Crippen LogP contribution < -0.4 is 5.32 Å². The van der Waals surface area contributed by atoms with Gasteiger partial charge in [-0.25, -0.2) is 4.98 Å². The Balaban J connectivity index is 1.46. The van der Waals surface area contributed by atoms with E-state index in [1.807, 2.05) is 0 Å². The number of furan rings is 1. The van der Waals surface area contributed by atoms with Crippen LogP contribution in [0, 0.1) is 0 Å². The largest absolute Gasteiger partial charge is 0.444 e. The summed E-state index contributed by atoms with van der Waals surface area (Å²) < 4.78 is 5.57. The molecule has 2 aromatic heterocycles. The van der Waals surface area contributed by atoms with Gasteiger partial charge in [0.15, 0.2) is 10.4 Å². The first-order valence-corrected chi connectivity index (χ1v) is 8.70. The molecule has 3 heterocycles. The molecule has 136 valence electrons. The molecule has 2 aromatic rings. The maximum atomic E-state index is 12.3. The van der Waals surface area contributed by atoms with Crippen molar-refractivity contribution in [2.24, 2.45) is 0 Å². The first-order valence-electron chi connectivity index (χ1n) is 7.91. The maximum absolute atomic E-state index is 12.3. The van der Waals surface area contributed by atoms with Gasteiger partial charge in [-0.2, -0.15) is 0 Å². The molecule has 0 spiro atoms. The molecule has 0 saturated carbocycles. The van der Waals surface area contributed by atoms with Gasteiger partial charge in [-0.15, -0.1) is 0 Å². The molecule has 1 N–H and O–H groups in total. The van der Waals surface area contributed by atoms with E-state index in [4.69, 9.17) is 4.42 Å². The second-order valence-electron chi connectivity index (χ2n) is 5.55. The van der Waals surface area contributed by atoms with Gasteiger partial charge in [0.05, 0.1) is 12.7 Å². The van der Waals surface area contributed by atoms with Crippen LogP contribution in [0.4, 0.5) is 0 Å². The minimum Gasteiger partial charge on any atom is -0.444 e. The molecule has 0 radical (unpaired) electrons. The van der Waals surface area contributed by atoms with Crippen molar-refractivity contribution >= 4 is 33.7 Å². The van der Waals surface area contributed by atoms with Crippen LogP contribution in [0.25, 0.3) is 0 Å². The molecule has 26 heavy (non-hydrogen) atoms. The second-order valence-corrected chi connectivity index (χ2v) is 6.33. The van der Waals surface area contributed by atoms with Gasteiger partial charge in [0.2, 0.25) is 5.91 Å². The lowest BCUT2D eigenvalue weighted by Gasteiger charge is -2.34. The number of carbonyl (C=O) groups is 3. The molecule has 0 aliphatic carbocycles. The number of carbonyl (C=O) groups excluding carboxylic acids is 3. The van der Waals surface area contributed by atoms with Gasteiger partial charge in [0.25, 0.3) is 11.8 Å². The average molecular weight is 422 g/mol. The van der Waals surface area contributed by atoms with Crippen molar-refractivity contribution < 1.29 is 18.8 Å². The predicted octanol–water partition coefficient (Wildman–Crippen LogP) is 0.547. The monoisotopic (exact) mass is 421 g/mol. The first kappa shape index (κ1) is 18.1. The fourth-order valence-corrected chi connectivity index (χ4v) is 2.83. The first-order chi connectivity index (χ1) is 12.5. The normalized spacial score (nSPS) is 14.2. The molecule has 0 aromatic carbocycles.